The molecule has 4 nitrogen and oxygen atoms in total. The molecule has 1 aliphatic heterocycles. The number of aryl methyl sites for hydroxylation is 1. The van der Waals surface area contributed by atoms with Crippen LogP contribution >= 0.6 is 15.9 Å². The highest BCUT2D eigenvalue weighted by molar-refractivity contribution is 9.10. The van der Waals surface area contributed by atoms with Gasteiger partial charge in [-0.3, -0.25) is 4.79 Å². The van der Waals surface area contributed by atoms with Gasteiger partial charge in [0.05, 0.1) is 11.1 Å². The van der Waals surface area contributed by atoms with Crippen molar-refractivity contribution in [3.8, 4) is 0 Å². The Morgan fingerprint density at radius 2 is 2.28 bits per heavy atom. The van der Waals surface area contributed by atoms with E-state index in [0.717, 1.165) is 35.5 Å². The van der Waals surface area contributed by atoms with Crippen LogP contribution in [0, 0.1) is 12.3 Å². The molecule has 1 aliphatic rings. The maximum absolute atomic E-state index is 11.9. The Labute approximate surface area is 116 Å². The monoisotopic (exact) mass is 311 g/mol. The van der Waals surface area contributed by atoms with Crippen molar-refractivity contribution in [2.24, 2.45) is 5.41 Å². The van der Waals surface area contributed by atoms with Crippen LogP contribution in [0.25, 0.3) is 0 Å². The molecular formula is C13H18BrN3O. The summed E-state index contributed by atoms with van der Waals surface area (Å²) in [6.45, 7) is 5.58. The molecule has 1 N–H and O–H groups in total. The normalized spacial score (nSPS) is 23.2. The Bertz CT molecular complexity index is 477. The van der Waals surface area contributed by atoms with Crippen molar-refractivity contribution >= 4 is 27.7 Å². The van der Waals surface area contributed by atoms with Gasteiger partial charge < -0.3 is 10.2 Å². The Morgan fingerprint density at radius 1 is 1.56 bits per heavy atom. The van der Waals surface area contributed by atoms with E-state index in [4.69, 9.17) is 0 Å². The Morgan fingerprint density at radius 3 is 2.89 bits per heavy atom. The molecule has 1 saturated heterocycles. The van der Waals surface area contributed by atoms with Gasteiger partial charge in [-0.15, -0.1) is 0 Å². The smallest absolute Gasteiger partial charge is 0.227 e. The molecule has 98 valence electrons. The molecule has 0 aromatic carbocycles. The third-order valence-electron chi connectivity index (χ3n) is 3.58. The van der Waals surface area contributed by atoms with Gasteiger partial charge in [-0.05, 0) is 48.3 Å². The molecule has 1 amide bonds. The Balaban J connectivity index is 2.18. The van der Waals surface area contributed by atoms with E-state index in [0.29, 0.717) is 0 Å². The third kappa shape index (κ3) is 2.36. The summed E-state index contributed by atoms with van der Waals surface area (Å²) in [5.74, 6) is 1.06. The van der Waals surface area contributed by atoms with Gasteiger partial charge in [-0.1, -0.05) is 0 Å². The second-order valence-electron chi connectivity index (χ2n) is 5.05. The van der Waals surface area contributed by atoms with E-state index in [1.165, 1.54) is 0 Å². The number of anilines is 1. The van der Waals surface area contributed by atoms with Crippen LogP contribution in [0.5, 0.6) is 0 Å². The molecule has 2 rings (SSSR count). The van der Waals surface area contributed by atoms with E-state index in [1.54, 1.807) is 7.05 Å². The van der Waals surface area contributed by atoms with Crippen LogP contribution in [-0.2, 0) is 4.79 Å². The number of amides is 1. The van der Waals surface area contributed by atoms with Crippen LogP contribution in [0.3, 0.4) is 0 Å². The largest absolute Gasteiger partial charge is 0.359 e. The summed E-state index contributed by atoms with van der Waals surface area (Å²) < 4.78 is 1.01. The molecule has 18 heavy (non-hydrogen) atoms. The highest BCUT2D eigenvalue weighted by atomic mass is 79.9. The molecule has 1 aromatic heterocycles. The fraction of sp³-hybridized carbons (Fsp3) is 0.538. The zero-order valence-electron chi connectivity index (χ0n) is 11.0. The first-order valence-corrected chi connectivity index (χ1v) is 6.86. The first-order chi connectivity index (χ1) is 8.46. The number of carbonyl (C=O) groups excluding carboxylic acids is 1. The summed E-state index contributed by atoms with van der Waals surface area (Å²) in [5, 5.41) is 2.75. The fourth-order valence-corrected chi connectivity index (χ4v) is 2.57. The molecule has 1 unspecified atom stereocenters. The van der Waals surface area contributed by atoms with Gasteiger partial charge in [-0.25, -0.2) is 4.98 Å². The number of pyridine rings is 1. The molecule has 1 atom stereocenters. The van der Waals surface area contributed by atoms with Crippen molar-refractivity contribution in [3.63, 3.8) is 0 Å². The summed E-state index contributed by atoms with van der Waals surface area (Å²) in [7, 11) is 1.69. The summed E-state index contributed by atoms with van der Waals surface area (Å²) >= 11 is 3.45. The zero-order valence-corrected chi connectivity index (χ0v) is 12.5. The summed E-state index contributed by atoms with van der Waals surface area (Å²) in [5.41, 5.74) is 0.665. The SMILES string of the molecule is CNC(=O)C1(C)CCN(c2ccc(Br)c(C)n2)C1. The molecular weight excluding hydrogens is 294 g/mol. The van der Waals surface area contributed by atoms with Crippen LogP contribution in [-0.4, -0.2) is 31.0 Å². The minimum Gasteiger partial charge on any atom is -0.359 e. The minimum atomic E-state index is -0.308. The third-order valence-corrected chi connectivity index (χ3v) is 4.42. The predicted octanol–water partition coefficient (Wildman–Crippen LogP) is 2.11. The second kappa shape index (κ2) is 4.88. The van der Waals surface area contributed by atoms with Gasteiger partial charge in [0.15, 0.2) is 0 Å². The molecule has 0 saturated carbocycles. The lowest BCUT2D eigenvalue weighted by Crippen LogP contribution is -2.39. The van der Waals surface area contributed by atoms with E-state index in [2.05, 4.69) is 31.1 Å². The van der Waals surface area contributed by atoms with E-state index >= 15 is 0 Å². The van der Waals surface area contributed by atoms with Crippen LogP contribution < -0.4 is 10.2 Å². The molecule has 1 aromatic rings. The number of nitrogens with zero attached hydrogens (tertiary/aromatic N) is 2. The van der Waals surface area contributed by atoms with Crippen molar-refractivity contribution in [1.29, 1.82) is 0 Å². The van der Waals surface area contributed by atoms with Crippen LogP contribution in [0.4, 0.5) is 5.82 Å². The van der Waals surface area contributed by atoms with Gasteiger partial charge in [0.25, 0.3) is 0 Å². The average Bonchev–Trinajstić information content (AvgIpc) is 2.76. The molecule has 0 spiro atoms. The van der Waals surface area contributed by atoms with Gasteiger partial charge >= 0.3 is 0 Å². The zero-order chi connectivity index (χ0) is 13.3. The molecule has 5 heteroatoms. The van der Waals surface area contributed by atoms with Crippen molar-refractivity contribution in [1.82, 2.24) is 10.3 Å². The number of hydrogen-bond donors (Lipinski definition) is 1. The highest BCUT2D eigenvalue weighted by Crippen LogP contribution is 2.33. The van der Waals surface area contributed by atoms with Crippen LogP contribution in [0.2, 0.25) is 0 Å². The van der Waals surface area contributed by atoms with E-state index in [-0.39, 0.29) is 11.3 Å². The van der Waals surface area contributed by atoms with Crippen molar-refractivity contribution < 1.29 is 4.79 Å². The summed E-state index contributed by atoms with van der Waals surface area (Å²) in [6.07, 6.45) is 0.865. The first-order valence-electron chi connectivity index (χ1n) is 6.06. The standard InChI is InChI=1S/C13H18BrN3O/c1-9-10(14)4-5-11(16-9)17-7-6-13(2,8-17)12(18)15-3/h4-5H,6-8H2,1-3H3,(H,15,18). The van der Waals surface area contributed by atoms with Gasteiger partial charge in [0.2, 0.25) is 5.91 Å². The maximum Gasteiger partial charge on any atom is 0.227 e. The van der Waals surface area contributed by atoms with Crippen LogP contribution in [0.15, 0.2) is 16.6 Å². The van der Waals surface area contributed by atoms with Gasteiger partial charge in [-0.2, -0.15) is 0 Å². The lowest BCUT2D eigenvalue weighted by atomic mass is 9.89. The van der Waals surface area contributed by atoms with Gasteiger partial charge in [0.1, 0.15) is 5.82 Å². The highest BCUT2D eigenvalue weighted by Gasteiger charge is 2.40. The fourth-order valence-electron chi connectivity index (χ4n) is 2.35. The first kappa shape index (κ1) is 13.3. The average molecular weight is 312 g/mol. The van der Waals surface area contributed by atoms with Crippen molar-refractivity contribution in [2.45, 2.75) is 20.3 Å². The molecule has 0 bridgehead atoms. The number of hydrogen-bond acceptors (Lipinski definition) is 3. The quantitative estimate of drug-likeness (QED) is 0.910. The number of nitrogens with one attached hydrogen (secondary N) is 1. The minimum absolute atomic E-state index is 0.110. The number of rotatable bonds is 2. The van der Waals surface area contributed by atoms with E-state index in [9.17, 15) is 4.79 Å². The molecule has 2 heterocycles. The van der Waals surface area contributed by atoms with E-state index in [1.807, 2.05) is 26.0 Å². The van der Waals surface area contributed by atoms with Crippen molar-refractivity contribution in [3.05, 3.63) is 22.3 Å². The molecule has 0 aliphatic carbocycles. The number of aromatic nitrogens is 1. The molecule has 0 radical (unpaired) electrons. The van der Waals surface area contributed by atoms with Gasteiger partial charge in [0, 0.05) is 24.6 Å². The van der Waals surface area contributed by atoms with E-state index < -0.39 is 0 Å². The lowest BCUT2D eigenvalue weighted by molar-refractivity contribution is -0.128. The predicted molar refractivity (Wildman–Crippen MR) is 75.7 cm³/mol. The summed E-state index contributed by atoms with van der Waals surface area (Å²) in [4.78, 5) is 18.6. The van der Waals surface area contributed by atoms with Crippen molar-refractivity contribution in [2.75, 3.05) is 25.0 Å². The topological polar surface area (TPSA) is 45.2 Å². The Hall–Kier alpha value is -1.10. The maximum atomic E-state index is 11.9. The second-order valence-corrected chi connectivity index (χ2v) is 5.90. The number of halogens is 1. The lowest BCUT2D eigenvalue weighted by Gasteiger charge is -2.23. The number of carbonyl (C=O) groups is 1. The van der Waals surface area contributed by atoms with Crippen LogP contribution in [0.1, 0.15) is 19.0 Å². The summed E-state index contributed by atoms with van der Waals surface area (Å²) in [6, 6.07) is 4.00. The Kier molecular flexibility index (Phi) is 3.61. The molecule has 1 fully saturated rings.